The predicted molar refractivity (Wildman–Crippen MR) is 95.6 cm³/mol. The molecule has 0 radical (unpaired) electrons. The Hall–Kier alpha value is -2.11. The molecule has 1 fully saturated rings. The van der Waals surface area contributed by atoms with Crippen LogP contribution in [0.3, 0.4) is 0 Å². The average molecular weight is 363 g/mol. The predicted octanol–water partition coefficient (Wildman–Crippen LogP) is 3.45. The fourth-order valence-electron chi connectivity index (χ4n) is 2.98. The lowest BCUT2D eigenvalue weighted by Crippen LogP contribution is -2.48. The van der Waals surface area contributed by atoms with Crippen molar-refractivity contribution in [2.24, 2.45) is 0 Å². The lowest BCUT2D eigenvalue weighted by Gasteiger charge is -2.35. The number of piperazine rings is 1. The third-order valence-corrected chi connectivity index (χ3v) is 4.72. The van der Waals surface area contributed by atoms with Gasteiger partial charge in [0.05, 0.1) is 17.7 Å². The monoisotopic (exact) mass is 362 g/mol. The summed E-state index contributed by atoms with van der Waals surface area (Å²) in [5.74, 6) is -0.146. The Balaban J connectivity index is 1.58. The number of carbonyl (C=O) groups is 1. The summed E-state index contributed by atoms with van der Waals surface area (Å²) in [6.45, 7) is 3.38. The Bertz CT molecular complexity index is 761. The topological polar surface area (TPSA) is 32.8 Å². The Morgan fingerprint density at radius 3 is 2.52 bits per heavy atom. The normalized spacial score (nSPS) is 15.2. The molecule has 6 heteroatoms. The number of ether oxygens (including phenoxy) is 1. The first-order valence-electron chi connectivity index (χ1n) is 8.17. The number of methoxy groups -OCH3 is 1. The van der Waals surface area contributed by atoms with Crippen molar-refractivity contribution in [1.82, 2.24) is 9.80 Å². The SMILES string of the molecule is COc1ccc(CN2CCN(C(=O)c3ccccc3Cl)CC2)cc1F. The molecule has 132 valence electrons. The third kappa shape index (κ3) is 4.11. The summed E-state index contributed by atoms with van der Waals surface area (Å²) in [6, 6.07) is 12.1. The van der Waals surface area contributed by atoms with Gasteiger partial charge in [0, 0.05) is 32.7 Å². The van der Waals surface area contributed by atoms with Crippen LogP contribution in [-0.2, 0) is 6.54 Å². The van der Waals surface area contributed by atoms with E-state index in [1.807, 2.05) is 23.1 Å². The van der Waals surface area contributed by atoms with Crippen LogP contribution in [0.25, 0.3) is 0 Å². The van der Waals surface area contributed by atoms with Crippen molar-refractivity contribution in [2.45, 2.75) is 6.54 Å². The Labute approximate surface area is 151 Å². The zero-order valence-corrected chi connectivity index (χ0v) is 14.8. The van der Waals surface area contributed by atoms with Gasteiger partial charge in [0.1, 0.15) is 0 Å². The van der Waals surface area contributed by atoms with Crippen LogP contribution in [0.1, 0.15) is 15.9 Å². The lowest BCUT2D eigenvalue weighted by atomic mass is 10.1. The highest BCUT2D eigenvalue weighted by Crippen LogP contribution is 2.20. The molecule has 0 bridgehead atoms. The maximum Gasteiger partial charge on any atom is 0.255 e. The van der Waals surface area contributed by atoms with Gasteiger partial charge in [0.2, 0.25) is 0 Å². The largest absolute Gasteiger partial charge is 0.494 e. The Morgan fingerprint density at radius 1 is 1.16 bits per heavy atom. The van der Waals surface area contributed by atoms with Crippen molar-refractivity contribution in [3.8, 4) is 5.75 Å². The summed E-state index contributed by atoms with van der Waals surface area (Å²) in [5, 5.41) is 0.476. The van der Waals surface area contributed by atoms with Gasteiger partial charge in [-0.1, -0.05) is 29.8 Å². The minimum atomic E-state index is -0.354. The molecule has 1 heterocycles. The van der Waals surface area contributed by atoms with Crippen LogP contribution in [0, 0.1) is 5.82 Å². The highest BCUT2D eigenvalue weighted by Gasteiger charge is 2.23. The molecule has 1 aliphatic heterocycles. The van der Waals surface area contributed by atoms with E-state index in [0.29, 0.717) is 30.2 Å². The van der Waals surface area contributed by atoms with Gasteiger partial charge in [0.25, 0.3) is 5.91 Å². The summed E-state index contributed by atoms with van der Waals surface area (Å²) in [5.41, 5.74) is 1.43. The van der Waals surface area contributed by atoms with Crippen molar-refractivity contribution < 1.29 is 13.9 Å². The van der Waals surface area contributed by atoms with Gasteiger partial charge in [-0.2, -0.15) is 0 Å². The molecule has 0 aromatic heterocycles. The zero-order chi connectivity index (χ0) is 17.8. The number of hydrogen-bond donors (Lipinski definition) is 0. The molecule has 0 aliphatic carbocycles. The molecule has 2 aromatic rings. The summed E-state index contributed by atoms with van der Waals surface area (Å²) in [7, 11) is 1.45. The Kier molecular flexibility index (Phi) is 5.56. The summed E-state index contributed by atoms with van der Waals surface area (Å²) >= 11 is 6.11. The molecule has 1 aliphatic rings. The second-order valence-electron chi connectivity index (χ2n) is 6.02. The summed E-state index contributed by atoms with van der Waals surface area (Å²) < 4.78 is 18.7. The second-order valence-corrected chi connectivity index (χ2v) is 6.42. The quantitative estimate of drug-likeness (QED) is 0.835. The number of hydrogen-bond acceptors (Lipinski definition) is 3. The maximum absolute atomic E-state index is 13.8. The van der Waals surface area contributed by atoms with Crippen molar-refractivity contribution in [2.75, 3.05) is 33.3 Å². The molecule has 0 spiro atoms. The molecule has 0 unspecified atom stereocenters. The number of amides is 1. The molecule has 1 saturated heterocycles. The summed E-state index contributed by atoms with van der Waals surface area (Å²) in [6.07, 6.45) is 0. The van der Waals surface area contributed by atoms with E-state index < -0.39 is 0 Å². The molecule has 4 nitrogen and oxygen atoms in total. The highest BCUT2D eigenvalue weighted by atomic mass is 35.5. The van der Waals surface area contributed by atoms with Crippen LogP contribution < -0.4 is 4.74 Å². The summed E-state index contributed by atoms with van der Waals surface area (Å²) in [4.78, 5) is 16.6. The van der Waals surface area contributed by atoms with Crippen molar-refractivity contribution >= 4 is 17.5 Å². The Morgan fingerprint density at radius 2 is 1.88 bits per heavy atom. The van der Waals surface area contributed by atoms with E-state index >= 15 is 0 Å². The van der Waals surface area contributed by atoms with Crippen molar-refractivity contribution in [1.29, 1.82) is 0 Å². The number of nitrogens with zero attached hydrogens (tertiary/aromatic N) is 2. The van der Waals surface area contributed by atoms with E-state index in [4.69, 9.17) is 16.3 Å². The fourth-order valence-corrected chi connectivity index (χ4v) is 3.20. The first-order valence-corrected chi connectivity index (χ1v) is 8.55. The molecule has 0 saturated carbocycles. The average Bonchev–Trinajstić information content (AvgIpc) is 2.62. The van der Waals surface area contributed by atoms with E-state index in [9.17, 15) is 9.18 Å². The first-order chi connectivity index (χ1) is 12.1. The number of rotatable bonds is 4. The van der Waals surface area contributed by atoms with Crippen LogP contribution >= 0.6 is 11.6 Å². The molecule has 25 heavy (non-hydrogen) atoms. The van der Waals surface area contributed by atoms with Crippen LogP contribution in [0.4, 0.5) is 4.39 Å². The lowest BCUT2D eigenvalue weighted by molar-refractivity contribution is 0.0628. The second kappa shape index (κ2) is 7.85. The fraction of sp³-hybridized carbons (Fsp3) is 0.316. The number of carbonyl (C=O) groups excluding carboxylic acids is 1. The van der Waals surface area contributed by atoms with Gasteiger partial charge in [-0.15, -0.1) is 0 Å². The number of halogens is 2. The van der Waals surface area contributed by atoms with Gasteiger partial charge in [0.15, 0.2) is 11.6 Å². The molecule has 1 amide bonds. The van der Waals surface area contributed by atoms with Crippen LogP contribution in [0.5, 0.6) is 5.75 Å². The molecule has 2 aromatic carbocycles. The van der Waals surface area contributed by atoms with E-state index in [1.54, 1.807) is 18.2 Å². The minimum Gasteiger partial charge on any atom is -0.494 e. The first kappa shape index (κ1) is 17.7. The molecule has 0 N–H and O–H groups in total. The van der Waals surface area contributed by atoms with Gasteiger partial charge in [-0.05, 0) is 29.8 Å². The third-order valence-electron chi connectivity index (χ3n) is 4.39. The van der Waals surface area contributed by atoms with Crippen LogP contribution in [0.2, 0.25) is 5.02 Å². The highest BCUT2D eigenvalue weighted by molar-refractivity contribution is 6.33. The zero-order valence-electron chi connectivity index (χ0n) is 14.0. The molecular formula is C19H20ClFN2O2. The van der Waals surface area contributed by atoms with Crippen molar-refractivity contribution in [3.05, 3.63) is 64.4 Å². The van der Waals surface area contributed by atoms with E-state index in [1.165, 1.54) is 13.2 Å². The minimum absolute atomic E-state index is 0.0410. The van der Waals surface area contributed by atoms with Crippen molar-refractivity contribution in [3.63, 3.8) is 0 Å². The molecule has 3 rings (SSSR count). The number of benzene rings is 2. The van der Waals surface area contributed by atoms with Crippen LogP contribution in [0.15, 0.2) is 42.5 Å². The molecule has 0 atom stereocenters. The van der Waals surface area contributed by atoms with Gasteiger partial charge in [-0.25, -0.2) is 4.39 Å². The van der Waals surface area contributed by atoms with Gasteiger partial charge >= 0.3 is 0 Å². The van der Waals surface area contributed by atoms with Gasteiger partial charge in [-0.3, -0.25) is 9.69 Å². The maximum atomic E-state index is 13.8. The van der Waals surface area contributed by atoms with E-state index in [0.717, 1.165) is 18.7 Å². The molecular weight excluding hydrogens is 343 g/mol. The van der Waals surface area contributed by atoms with Crippen LogP contribution in [-0.4, -0.2) is 49.0 Å². The van der Waals surface area contributed by atoms with E-state index in [2.05, 4.69) is 4.90 Å². The van der Waals surface area contributed by atoms with Gasteiger partial charge < -0.3 is 9.64 Å². The smallest absolute Gasteiger partial charge is 0.255 e. The standard InChI is InChI=1S/C19H20ClFN2O2/c1-25-18-7-6-14(12-17(18)21)13-22-8-10-23(11-9-22)19(24)15-4-2-3-5-16(15)20/h2-7,12H,8-11,13H2,1H3. The van der Waals surface area contributed by atoms with E-state index in [-0.39, 0.29) is 17.5 Å².